The first-order valence-corrected chi connectivity index (χ1v) is 6.49. The predicted molar refractivity (Wildman–Crippen MR) is 75.2 cm³/mol. The van der Waals surface area contributed by atoms with E-state index in [1.807, 2.05) is 18.2 Å². The molecule has 0 aliphatic carbocycles. The maximum atomic E-state index is 5.65. The highest BCUT2D eigenvalue weighted by molar-refractivity contribution is 5.27. The highest BCUT2D eigenvalue weighted by Crippen LogP contribution is 2.12. The van der Waals surface area contributed by atoms with E-state index in [9.17, 15) is 0 Å². The SMILES string of the molecule is COC(C)(C)CCNCCOc1cccc(C)c1. The van der Waals surface area contributed by atoms with Gasteiger partial charge in [-0.1, -0.05) is 12.1 Å². The first kappa shape index (κ1) is 15.0. The molecule has 0 heterocycles. The van der Waals surface area contributed by atoms with Crippen molar-refractivity contribution < 1.29 is 9.47 Å². The minimum absolute atomic E-state index is 0.0512. The van der Waals surface area contributed by atoms with Crippen LogP contribution in [0, 0.1) is 6.92 Å². The lowest BCUT2D eigenvalue weighted by Crippen LogP contribution is -2.30. The van der Waals surface area contributed by atoms with Gasteiger partial charge in [0.1, 0.15) is 12.4 Å². The van der Waals surface area contributed by atoms with Gasteiger partial charge in [-0.3, -0.25) is 0 Å². The second-order valence-corrected chi connectivity index (χ2v) is 5.13. The average molecular weight is 251 g/mol. The Hall–Kier alpha value is -1.06. The van der Waals surface area contributed by atoms with Crippen molar-refractivity contribution in [2.75, 3.05) is 26.8 Å². The van der Waals surface area contributed by atoms with Gasteiger partial charge in [0.05, 0.1) is 5.60 Å². The van der Waals surface area contributed by atoms with Gasteiger partial charge in [-0.25, -0.2) is 0 Å². The number of aryl methyl sites for hydroxylation is 1. The standard InChI is InChI=1S/C15H25NO2/c1-13-6-5-7-14(12-13)18-11-10-16-9-8-15(2,3)17-4/h5-7,12,16H,8-11H2,1-4H3. The van der Waals surface area contributed by atoms with Gasteiger partial charge >= 0.3 is 0 Å². The summed E-state index contributed by atoms with van der Waals surface area (Å²) in [6.07, 6.45) is 0.994. The first-order chi connectivity index (χ1) is 8.53. The number of methoxy groups -OCH3 is 1. The molecule has 0 aliphatic rings. The molecule has 102 valence electrons. The maximum absolute atomic E-state index is 5.65. The summed E-state index contributed by atoms with van der Waals surface area (Å²) in [6.45, 7) is 8.75. The number of ether oxygens (including phenoxy) is 2. The van der Waals surface area contributed by atoms with E-state index < -0.39 is 0 Å². The molecule has 0 bridgehead atoms. The van der Waals surface area contributed by atoms with Crippen LogP contribution in [0.25, 0.3) is 0 Å². The van der Waals surface area contributed by atoms with Gasteiger partial charge < -0.3 is 14.8 Å². The predicted octanol–water partition coefficient (Wildman–Crippen LogP) is 2.78. The summed E-state index contributed by atoms with van der Waals surface area (Å²) < 4.78 is 11.0. The van der Waals surface area contributed by atoms with E-state index >= 15 is 0 Å². The van der Waals surface area contributed by atoms with Crippen LogP contribution in [0.4, 0.5) is 0 Å². The zero-order valence-corrected chi connectivity index (χ0v) is 12.0. The van der Waals surface area contributed by atoms with E-state index in [2.05, 4.69) is 32.2 Å². The quantitative estimate of drug-likeness (QED) is 0.721. The molecule has 1 aromatic rings. The molecule has 3 heteroatoms. The Labute approximate surface area is 110 Å². The van der Waals surface area contributed by atoms with Crippen molar-refractivity contribution in [3.05, 3.63) is 29.8 Å². The fourth-order valence-electron chi connectivity index (χ4n) is 1.56. The topological polar surface area (TPSA) is 30.5 Å². The Morgan fingerprint density at radius 1 is 1.22 bits per heavy atom. The minimum atomic E-state index is -0.0512. The average Bonchev–Trinajstić information content (AvgIpc) is 2.34. The van der Waals surface area contributed by atoms with Gasteiger partial charge in [-0.05, 0) is 51.4 Å². The van der Waals surface area contributed by atoms with Crippen molar-refractivity contribution in [2.45, 2.75) is 32.8 Å². The molecule has 0 saturated heterocycles. The van der Waals surface area contributed by atoms with Crippen molar-refractivity contribution in [1.82, 2.24) is 5.32 Å². The summed E-state index contributed by atoms with van der Waals surface area (Å²) in [5.41, 5.74) is 1.17. The van der Waals surface area contributed by atoms with Gasteiger partial charge in [0, 0.05) is 13.7 Å². The van der Waals surface area contributed by atoms with Gasteiger partial charge in [-0.15, -0.1) is 0 Å². The number of nitrogens with one attached hydrogen (secondary N) is 1. The van der Waals surface area contributed by atoms with Crippen molar-refractivity contribution >= 4 is 0 Å². The Balaban J connectivity index is 2.09. The van der Waals surface area contributed by atoms with Crippen LogP contribution >= 0.6 is 0 Å². The van der Waals surface area contributed by atoms with Crippen molar-refractivity contribution in [3.63, 3.8) is 0 Å². The van der Waals surface area contributed by atoms with E-state index in [1.54, 1.807) is 7.11 Å². The van der Waals surface area contributed by atoms with E-state index in [0.717, 1.165) is 25.3 Å². The third kappa shape index (κ3) is 6.03. The van der Waals surface area contributed by atoms with E-state index in [0.29, 0.717) is 6.61 Å². The summed E-state index contributed by atoms with van der Waals surface area (Å²) in [4.78, 5) is 0. The molecule has 0 saturated carbocycles. The Bertz CT molecular complexity index is 350. The molecular weight excluding hydrogens is 226 g/mol. The Morgan fingerprint density at radius 3 is 2.67 bits per heavy atom. The summed E-state index contributed by atoms with van der Waals surface area (Å²) in [5.74, 6) is 0.939. The molecule has 1 aromatic carbocycles. The summed E-state index contributed by atoms with van der Waals surface area (Å²) in [7, 11) is 1.75. The maximum Gasteiger partial charge on any atom is 0.119 e. The van der Waals surface area contributed by atoms with Crippen LogP contribution in [0.5, 0.6) is 5.75 Å². The van der Waals surface area contributed by atoms with Crippen LogP contribution in [0.2, 0.25) is 0 Å². The first-order valence-electron chi connectivity index (χ1n) is 6.49. The van der Waals surface area contributed by atoms with Crippen LogP contribution in [-0.2, 0) is 4.74 Å². The number of hydrogen-bond acceptors (Lipinski definition) is 3. The molecule has 0 radical (unpaired) electrons. The molecule has 0 amide bonds. The number of hydrogen-bond donors (Lipinski definition) is 1. The lowest BCUT2D eigenvalue weighted by atomic mass is 10.1. The third-order valence-electron chi connectivity index (χ3n) is 2.99. The van der Waals surface area contributed by atoms with E-state index in [-0.39, 0.29) is 5.60 Å². The molecule has 0 spiro atoms. The smallest absolute Gasteiger partial charge is 0.119 e. The summed E-state index contributed by atoms with van der Waals surface area (Å²) >= 11 is 0. The second kappa shape index (κ2) is 7.39. The van der Waals surface area contributed by atoms with E-state index in [4.69, 9.17) is 9.47 Å². The van der Waals surface area contributed by atoms with Crippen LogP contribution in [-0.4, -0.2) is 32.4 Å². The zero-order chi connectivity index (χ0) is 13.4. The van der Waals surface area contributed by atoms with Gasteiger partial charge in [-0.2, -0.15) is 0 Å². The molecule has 0 unspecified atom stereocenters. The van der Waals surface area contributed by atoms with Crippen LogP contribution in [0.15, 0.2) is 24.3 Å². The lowest BCUT2D eigenvalue weighted by Gasteiger charge is -2.22. The van der Waals surface area contributed by atoms with Crippen molar-refractivity contribution in [1.29, 1.82) is 0 Å². The van der Waals surface area contributed by atoms with Crippen LogP contribution < -0.4 is 10.1 Å². The molecule has 18 heavy (non-hydrogen) atoms. The molecule has 1 rings (SSSR count). The van der Waals surface area contributed by atoms with Crippen LogP contribution in [0.1, 0.15) is 25.8 Å². The molecule has 0 fully saturated rings. The van der Waals surface area contributed by atoms with E-state index in [1.165, 1.54) is 5.56 Å². The molecular formula is C15H25NO2. The fourth-order valence-corrected chi connectivity index (χ4v) is 1.56. The number of rotatable bonds is 8. The third-order valence-corrected chi connectivity index (χ3v) is 2.99. The van der Waals surface area contributed by atoms with Gasteiger partial charge in [0.15, 0.2) is 0 Å². The lowest BCUT2D eigenvalue weighted by molar-refractivity contribution is 0.0158. The van der Waals surface area contributed by atoms with Crippen LogP contribution in [0.3, 0.4) is 0 Å². The second-order valence-electron chi connectivity index (χ2n) is 5.13. The van der Waals surface area contributed by atoms with Crippen molar-refractivity contribution in [2.24, 2.45) is 0 Å². The Morgan fingerprint density at radius 2 is 2.00 bits per heavy atom. The molecule has 0 aromatic heterocycles. The summed E-state index contributed by atoms with van der Waals surface area (Å²) in [6, 6.07) is 8.12. The highest BCUT2D eigenvalue weighted by atomic mass is 16.5. The normalized spacial score (nSPS) is 11.6. The minimum Gasteiger partial charge on any atom is -0.492 e. The number of benzene rings is 1. The van der Waals surface area contributed by atoms with Gasteiger partial charge in [0.25, 0.3) is 0 Å². The monoisotopic (exact) mass is 251 g/mol. The molecule has 3 nitrogen and oxygen atoms in total. The zero-order valence-electron chi connectivity index (χ0n) is 12.0. The molecule has 0 aliphatic heterocycles. The Kier molecular flexibility index (Phi) is 6.16. The molecule has 1 N–H and O–H groups in total. The largest absolute Gasteiger partial charge is 0.492 e. The fraction of sp³-hybridized carbons (Fsp3) is 0.600. The van der Waals surface area contributed by atoms with Gasteiger partial charge in [0.2, 0.25) is 0 Å². The molecule has 0 atom stereocenters. The highest BCUT2D eigenvalue weighted by Gasteiger charge is 2.14. The summed E-state index contributed by atoms with van der Waals surface area (Å²) in [5, 5.41) is 3.36. The van der Waals surface area contributed by atoms with Crippen molar-refractivity contribution in [3.8, 4) is 5.75 Å².